The van der Waals surface area contributed by atoms with Gasteiger partial charge in [-0.1, -0.05) is 76.3 Å². The zero-order valence-electron chi connectivity index (χ0n) is 25.4. The molecule has 0 spiro atoms. The molecule has 2 aliphatic rings. The summed E-state index contributed by atoms with van der Waals surface area (Å²) in [5.41, 5.74) is -0.465. The zero-order valence-corrected chi connectivity index (χ0v) is 25.4. The Morgan fingerprint density at radius 1 is 1.12 bits per heavy atom. The maximum Gasteiger partial charge on any atom is 0.255 e. The molecule has 1 saturated carbocycles. The second-order valence-corrected chi connectivity index (χ2v) is 12.9. The van der Waals surface area contributed by atoms with Crippen molar-refractivity contribution in [2.24, 2.45) is 17.3 Å². The predicted molar refractivity (Wildman–Crippen MR) is 161 cm³/mol. The Bertz CT molecular complexity index is 1270. The number of amides is 2. The lowest BCUT2D eigenvalue weighted by Gasteiger charge is -2.51. The van der Waals surface area contributed by atoms with Gasteiger partial charge < -0.3 is 24.2 Å². The Labute approximate surface area is 244 Å². The fourth-order valence-electron chi connectivity index (χ4n) is 6.61. The number of piperidine rings is 1. The molecular weight excluding hydrogens is 518 g/mol. The fraction of sp³-hybridized carbons (Fsp3) is 0.606. The fourth-order valence-corrected chi connectivity index (χ4v) is 6.61. The molecule has 2 amide bonds. The summed E-state index contributed by atoms with van der Waals surface area (Å²) >= 11 is 0. The van der Waals surface area contributed by atoms with E-state index in [0.717, 1.165) is 12.0 Å². The third kappa shape index (κ3) is 6.92. The molecule has 1 aromatic carbocycles. The van der Waals surface area contributed by atoms with Crippen molar-refractivity contribution >= 4 is 11.8 Å². The highest BCUT2D eigenvalue weighted by atomic mass is 16.5. The number of carbonyl (C=O) groups is 2. The summed E-state index contributed by atoms with van der Waals surface area (Å²) in [5.74, 6) is 0.257. The minimum atomic E-state index is -1.25. The second-order valence-electron chi connectivity index (χ2n) is 12.9. The first-order chi connectivity index (χ1) is 19.5. The van der Waals surface area contributed by atoms with Gasteiger partial charge in [0.05, 0.1) is 30.2 Å². The van der Waals surface area contributed by atoms with Crippen molar-refractivity contribution in [1.82, 2.24) is 14.4 Å². The zero-order chi connectivity index (χ0) is 29.8. The van der Waals surface area contributed by atoms with Crippen molar-refractivity contribution in [1.29, 1.82) is 0 Å². The first-order valence-corrected chi connectivity index (χ1v) is 15.0. The van der Waals surface area contributed by atoms with E-state index in [2.05, 4.69) is 0 Å². The third-order valence-corrected chi connectivity index (χ3v) is 9.29. The number of carbonyl (C=O) groups excluding carboxylic acids is 2. The van der Waals surface area contributed by atoms with Crippen molar-refractivity contribution < 1.29 is 19.4 Å². The summed E-state index contributed by atoms with van der Waals surface area (Å²) in [5, 5.41) is 12.0. The molecule has 1 aliphatic heterocycles. The van der Waals surface area contributed by atoms with E-state index < -0.39 is 11.0 Å². The Morgan fingerprint density at radius 2 is 1.80 bits per heavy atom. The standard InChI is InChI=1S/C33H47N3O5/c1-32(2)22-35(30(38)26(21-41-5)18-24-12-8-6-9-13-24)17-16-33(32,40)23-36-20-28(31(39)34(3)4)27(19-29(36)37)25-14-10-7-11-15-25/h7,10-11,14-15,19-20,24,26,40H,6,8-9,12-13,16-18,21-23H2,1-5H3/t26?,33-/m0/s1. The summed E-state index contributed by atoms with van der Waals surface area (Å²) in [6.07, 6.45) is 8.85. The van der Waals surface area contributed by atoms with Crippen molar-refractivity contribution in [3.05, 3.63) is 58.5 Å². The van der Waals surface area contributed by atoms with Crippen molar-refractivity contribution in [3.63, 3.8) is 0 Å². The summed E-state index contributed by atoms with van der Waals surface area (Å²) in [6, 6.07) is 10.9. The first kappa shape index (κ1) is 31.0. The van der Waals surface area contributed by atoms with Gasteiger partial charge >= 0.3 is 0 Å². The van der Waals surface area contributed by atoms with E-state index in [-0.39, 0.29) is 29.8 Å². The van der Waals surface area contributed by atoms with Crippen LogP contribution >= 0.6 is 0 Å². The molecule has 8 nitrogen and oxygen atoms in total. The molecule has 4 rings (SSSR count). The molecule has 41 heavy (non-hydrogen) atoms. The van der Waals surface area contributed by atoms with E-state index in [4.69, 9.17) is 4.74 Å². The Morgan fingerprint density at radius 3 is 2.41 bits per heavy atom. The number of hydrogen-bond donors (Lipinski definition) is 1. The van der Waals surface area contributed by atoms with Crippen LogP contribution in [0.5, 0.6) is 0 Å². The Hall–Kier alpha value is -2.97. The number of aromatic nitrogens is 1. The second kappa shape index (κ2) is 12.9. The average Bonchev–Trinajstić information content (AvgIpc) is 2.95. The molecule has 1 aromatic heterocycles. The lowest BCUT2D eigenvalue weighted by atomic mass is 9.69. The SMILES string of the molecule is COCC(CC1CCCCC1)C(=O)N1CC[C@](O)(Cn2cc(C(=O)N(C)C)c(-c3ccccc3)cc2=O)C(C)(C)C1. The van der Waals surface area contributed by atoms with Crippen LogP contribution in [-0.2, 0) is 16.1 Å². The topological polar surface area (TPSA) is 92.1 Å². The van der Waals surface area contributed by atoms with E-state index in [0.29, 0.717) is 43.2 Å². The van der Waals surface area contributed by atoms with Gasteiger partial charge in [0.15, 0.2) is 0 Å². The molecule has 1 N–H and O–H groups in total. The van der Waals surface area contributed by atoms with Gasteiger partial charge in [0.25, 0.3) is 11.5 Å². The molecule has 0 radical (unpaired) electrons. The normalized spacial score (nSPS) is 21.9. The van der Waals surface area contributed by atoms with E-state index >= 15 is 0 Å². The number of methoxy groups -OCH3 is 1. The number of ether oxygens (including phenoxy) is 1. The van der Waals surface area contributed by atoms with Gasteiger partial charge in [0.2, 0.25) is 5.91 Å². The molecule has 8 heteroatoms. The molecule has 224 valence electrons. The van der Waals surface area contributed by atoms with Crippen molar-refractivity contribution in [3.8, 4) is 11.1 Å². The van der Waals surface area contributed by atoms with E-state index in [1.807, 2.05) is 49.1 Å². The highest BCUT2D eigenvalue weighted by molar-refractivity contribution is 6.00. The van der Waals surface area contributed by atoms with Crippen LogP contribution in [0.2, 0.25) is 0 Å². The Balaban J connectivity index is 1.56. The molecule has 2 heterocycles. The first-order valence-electron chi connectivity index (χ1n) is 15.0. The summed E-state index contributed by atoms with van der Waals surface area (Å²) in [6.45, 7) is 5.13. The van der Waals surface area contributed by atoms with Gasteiger partial charge in [-0.15, -0.1) is 0 Å². The highest BCUT2D eigenvalue weighted by Gasteiger charge is 2.49. The minimum absolute atomic E-state index is 0.0349. The number of benzene rings is 1. The van der Waals surface area contributed by atoms with Crippen LogP contribution in [0.4, 0.5) is 0 Å². The molecule has 0 bridgehead atoms. The number of aliphatic hydroxyl groups is 1. The molecule has 1 aliphatic carbocycles. The van der Waals surface area contributed by atoms with Crippen LogP contribution in [0, 0.1) is 17.3 Å². The van der Waals surface area contributed by atoms with E-state index in [9.17, 15) is 19.5 Å². The van der Waals surface area contributed by atoms with Gasteiger partial charge in [-0.2, -0.15) is 0 Å². The van der Waals surface area contributed by atoms with Crippen LogP contribution in [0.25, 0.3) is 11.1 Å². The van der Waals surface area contributed by atoms with Gasteiger partial charge in [-0.25, -0.2) is 0 Å². The molecule has 2 aromatic rings. The smallest absolute Gasteiger partial charge is 0.255 e. The van der Waals surface area contributed by atoms with Crippen LogP contribution in [0.3, 0.4) is 0 Å². The Kier molecular flexibility index (Phi) is 9.75. The minimum Gasteiger partial charge on any atom is -0.387 e. The summed E-state index contributed by atoms with van der Waals surface area (Å²) in [4.78, 5) is 43.6. The number of rotatable bonds is 9. The van der Waals surface area contributed by atoms with E-state index in [1.54, 1.807) is 27.4 Å². The monoisotopic (exact) mass is 565 g/mol. The molecule has 2 fully saturated rings. The maximum absolute atomic E-state index is 13.7. The predicted octanol–water partition coefficient (Wildman–Crippen LogP) is 4.44. The van der Waals surface area contributed by atoms with Crippen LogP contribution in [0.15, 0.2) is 47.4 Å². The largest absolute Gasteiger partial charge is 0.387 e. The number of nitrogens with zero attached hydrogens (tertiary/aromatic N) is 3. The molecule has 1 unspecified atom stereocenters. The summed E-state index contributed by atoms with van der Waals surface area (Å²) < 4.78 is 6.92. The quantitative estimate of drug-likeness (QED) is 0.486. The van der Waals surface area contributed by atoms with Gasteiger partial charge in [-0.3, -0.25) is 14.4 Å². The highest BCUT2D eigenvalue weighted by Crippen LogP contribution is 2.41. The van der Waals surface area contributed by atoms with E-state index in [1.165, 1.54) is 47.6 Å². The van der Waals surface area contributed by atoms with Crippen LogP contribution in [0.1, 0.15) is 69.2 Å². The lowest BCUT2D eigenvalue weighted by molar-refractivity contribution is -0.159. The lowest BCUT2D eigenvalue weighted by Crippen LogP contribution is -2.61. The van der Waals surface area contributed by atoms with Crippen molar-refractivity contribution in [2.75, 3.05) is 40.9 Å². The van der Waals surface area contributed by atoms with Crippen molar-refractivity contribution in [2.45, 2.75) is 70.9 Å². The molecule has 2 atom stereocenters. The van der Waals surface area contributed by atoms with Crippen LogP contribution in [-0.4, -0.2) is 77.8 Å². The molecule has 1 saturated heterocycles. The average molecular weight is 566 g/mol. The van der Waals surface area contributed by atoms with Gasteiger partial charge in [0, 0.05) is 57.5 Å². The van der Waals surface area contributed by atoms with Gasteiger partial charge in [0.1, 0.15) is 0 Å². The number of hydrogen-bond acceptors (Lipinski definition) is 5. The molecular formula is C33H47N3O5. The third-order valence-electron chi connectivity index (χ3n) is 9.29. The maximum atomic E-state index is 13.7. The van der Waals surface area contributed by atoms with Gasteiger partial charge in [-0.05, 0) is 24.3 Å². The summed E-state index contributed by atoms with van der Waals surface area (Å²) in [7, 11) is 5.01. The number of likely N-dealkylation sites (tertiary alicyclic amines) is 1. The number of pyridine rings is 1. The van der Waals surface area contributed by atoms with Crippen LogP contribution < -0.4 is 5.56 Å².